The average Bonchev–Trinajstić information content (AvgIpc) is 3.25. The third kappa shape index (κ3) is 8.92. The minimum absolute atomic E-state index is 0. The summed E-state index contributed by atoms with van der Waals surface area (Å²) in [6.07, 6.45) is 5.61. The zero-order valence-corrected chi connectivity index (χ0v) is 16.2. The van der Waals surface area contributed by atoms with Gasteiger partial charge in [0.15, 0.2) is 0 Å². The van der Waals surface area contributed by atoms with E-state index in [4.69, 9.17) is 15.2 Å². The summed E-state index contributed by atoms with van der Waals surface area (Å²) in [5, 5.41) is 0. The highest BCUT2D eigenvalue weighted by molar-refractivity contribution is 5.85. The average molecular weight is 350 g/mol. The van der Waals surface area contributed by atoms with Gasteiger partial charge in [-0.15, -0.1) is 12.4 Å². The van der Waals surface area contributed by atoms with Crippen LogP contribution in [0.25, 0.3) is 0 Å². The van der Waals surface area contributed by atoms with Crippen LogP contribution in [0, 0.1) is 17.8 Å². The first-order valence-corrected chi connectivity index (χ1v) is 8.92. The number of nitrogens with two attached hydrogens (primary N) is 1. The highest BCUT2D eigenvalue weighted by Gasteiger charge is 2.32. The van der Waals surface area contributed by atoms with Crippen molar-refractivity contribution in [3.05, 3.63) is 0 Å². The molecule has 0 aromatic rings. The van der Waals surface area contributed by atoms with Crippen molar-refractivity contribution in [3.8, 4) is 0 Å². The van der Waals surface area contributed by atoms with Crippen molar-refractivity contribution in [3.63, 3.8) is 0 Å². The topological polar surface area (TPSA) is 61.5 Å². The van der Waals surface area contributed by atoms with Crippen molar-refractivity contribution in [2.45, 2.75) is 85.0 Å². The van der Waals surface area contributed by atoms with Gasteiger partial charge in [-0.25, -0.2) is 0 Å². The first-order valence-electron chi connectivity index (χ1n) is 8.92. The van der Waals surface area contributed by atoms with Gasteiger partial charge in [-0.1, -0.05) is 33.6 Å². The fourth-order valence-electron chi connectivity index (χ4n) is 2.69. The minimum atomic E-state index is -0.581. The number of hydrogen-bond donors (Lipinski definition) is 1. The molecule has 0 unspecified atom stereocenters. The molecular weight excluding hydrogens is 314 g/mol. The normalized spacial score (nSPS) is 19.6. The van der Waals surface area contributed by atoms with Crippen molar-refractivity contribution >= 4 is 18.4 Å². The van der Waals surface area contributed by atoms with Crippen LogP contribution in [0.3, 0.4) is 0 Å². The van der Waals surface area contributed by atoms with Gasteiger partial charge in [0, 0.05) is 6.61 Å². The zero-order valence-electron chi connectivity index (χ0n) is 15.4. The Balaban J connectivity index is 0.00000484. The molecular formula is C18H36ClNO3. The highest BCUT2D eigenvalue weighted by Crippen LogP contribution is 2.32. The van der Waals surface area contributed by atoms with E-state index in [2.05, 4.69) is 20.8 Å². The Kier molecular flexibility index (Phi) is 11.1. The Hall–Kier alpha value is -0.320. The lowest BCUT2D eigenvalue weighted by Gasteiger charge is -2.32. The molecule has 1 fully saturated rings. The van der Waals surface area contributed by atoms with E-state index in [-0.39, 0.29) is 30.6 Å². The molecule has 2 N–H and O–H groups in total. The SMILES string of the molecule is CC[C@@H](CCC(C)C)[C@H](OCC1CC1)[C@H](C)OC(=O)[C@H](C)N.Cl. The van der Waals surface area contributed by atoms with Gasteiger partial charge in [0.1, 0.15) is 12.1 Å². The van der Waals surface area contributed by atoms with Gasteiger partial charge in [-0.3, -0.25) is 4.79 Å². The number of ether oxygens (including phenoxy) is 2. The van der Waals surface area contributed by atoms with Crippen molar-refractivity contribution in [1.29, 1.82) is 0 Å². The quantitative estimate of drug-likeness (QED) is 0.574. The number of carbonyl (C=O) groups is 1. The molecule has 4 nitrogen and oxygen atoms in total. The fraction of sp³-hybridized carbons (Fsp3) is 0.944. The van der Waals surface area contributed by atoms with Gasteiger partial charge in [-0.2, -0.15) is 0 Å². The second kappa shape index (κ2) is 11.3. The van der Waals surface area contributed by atoms with Gasteiger partial charge in [0.05, 0.1) is 6.10 Å². The van der Waals surface area contributed by atoms with Crippen LogP contribution in [0.5, 0.6) is 0 Å². The molecule has 0 amide bonds. The molecule has 1 aliphatic carbocycles. The molecule has 0 radical (unpaired) electrons. The van der Waals surface area contributed by atoms with Crippen LogP contribution < -0.4 is 5.73 Å². The summed E-state index contributed by atoms with van der Waals surface area (Å²) in [6, 6.07) is -0.581. The van der Waals surface area contributed by atoms with E-state index >= 15 is 0 Å². The summed E-state index contributed by atoms with van der Waals surface area (Å²) in [4.78, 5) is 11.8. The molecule has 1 aliphatic rings. The number of halogens is 1. The Bertz CT molecular complexity index is 332. The van der Waals surface area contributed by atoms with Gasteiger partial charge in [-0.05, 0) is 50.9 Å². The number of carbonyl (C=O) groups excluding carboxylic acids is 1. The molecule has 1 rings (SSSR count). The van der Waals surface area contributed by atoms with Gasteiger partial charge >= 0.3 is 5.97 Å². The Morgan fingerprint density at radius 3 is 2.22 bits per heavy atom. The highest BCUT2D eigenvalue weighted by atomic mass is 35.5. The maximum absolute atomic E-state index is 11.8. The maximum Gasteiger partial charge on any atom is 0.322 e. The van der Waals surface area contributed by atoms with Crippen LogP contribution in [0.4, 0.5) is 0 Å². The fourth-order valence-corrected chi connectivity index (χ4v) is 2.69. The van der Waals surface area contributed by atoms with Crippen LogP contribution in [0.1, 0.15) is 66.7 Å². The molecule has 1 saturated carbocycles. The summed E-state index contributed by atoms with van der Waals surface area (Å²) < 4.78 is 11.7. The number of hydrogen-bond acceptors (Lipinski definition) is 4. The summed E-state index contributed by atoms with van der Waals surface area (Å²) in [5.74, 6) is 1.48. The molecule has 0 aromatic heterocycles. The van der Waals surface area contributed by atoms with E-state index in [0.717, 1.165) is 19.4 Å². The second-order valence-corrected chi connectivity index (χ2v) is 7.31. The molecule has 4 atom stereocenters. The molecule has 5 heteroatoms. The summed E-state index contributed by atoms with van der Waals surface area (Å²) in [5.41, 5.74) is 5.61. The molecule has 0 aliphatic heterocycles. The molecule has 0 aromatic carbocycles. The van der Waals surface area contributed by atoms with Crippen LogP contribution in [-0.4, -0.2) is 30.8 Å². The second-order valence-electron chi connectivity index (χ2n) is 7.31. The van der Waals surface area contributed by atoms with E-state index in [9.17, 15) is 4.79 Å². The van der Waals surface area contributed by atoms with E-state index in [0.29, 0.717) is 17.8 Å². The summed E-state index contributed by atoms with van der Waals surface area (Å²) in [6.45, 7) is 11.1. The van der Waals surface area contributed by atoms with Crippen molar-refractivity contribution in [1.82, 2.24) is 0 Å². The van der Waals surface area contributed by atoms with Crippen LogP contribution in [0.2, 0.25) is 0 Å². The first kappa shape index (κ1) is 22.7. The Labute approximate surface area is 148 Å². The van der Waals surface area contributed by atoms with Crippen LogP contribution in [-0.2, 0) is 14.3 Å². The van der Waals surface area contributed by atoms with Gasteiger partial charge in [0.2, 0.25) is 0 Å². The first-order chi connectivity index (χ1) is 10.3. The van der Waals surface area contributed by atoms with Crippen LogP contribution in [0.15, 0.2) is 0 Å². The lowest BCUT2D eigenvalue weighted by atomic mass is 9.88. The standard InChI is InChI=1S/C18H35NO3.ClH/c1-6-16(10-7-12(2)3)17(21-11-15-8-9-15)14(5)22-18(20)13(4)19;/h12-17H,6-11,19H2,1-5H3;1H/t13-,14-,16-,17+;/m0./s1. The van der Waals surface area contributed by atoms with Gasteiger partial charge in [0.25, 0.3) is 0 Å². The molecule has 0 heterocycles. The molecule has 0 saturated heterocycles. The zero-order chi connectivity index (χ0) is 16.7. The third-order valence-electron chi connectivity index (χ3n) is 4.46. The smallest absolute Gasteiger partial charge is 0.322 e. The molecule has 0 bridgehead atoms. The van der Waals surface area contributed by atoms with E-state index in [1.807, 2.05) is 6.92 Å². The van der Waals surface area contributed by atoms with E-state index in [1.165, 1.54) is 19.3 Å². The lowest BCUT2D eigenvalue weighted by Crippen LogP contribution is -2.41. The van der Waals surface area contributed by atoms with Crippen LogP contribution >= 0.6 is 12.4 Å². The molecule has 0 spiro atoms. The Morgan fingerprint density at radius 2 is 1.78 bits per heavy atom. The predicted octanol–water partition coefficient (Wildman–Crippen LogP) is 3.94. The maximum atomic E-state index is 11.8. The number of esters is 1. The minimum Gasteiger partial charge on any atom is -0.459 e. The lowest BCUT2D eigenvalue weighted by molar-refractivity contribution is -0.161. The molecule has 138 valence electrons. The van der Waals surface area contributed by atoms with E-state index in [1.54, 1.807) is 6.92 Å². The Morgan fingerprint density at radius 1 is 1.17 bits per heavy atom. The van der Waals surface area contributed by atoms with E-state index < -0.39 is 6.04 Å². The van der Waals surface area contributed by atoms with Crippen molar-refractivity contribution in [2.24, 2.45) is 23.5 Å². The third-order valence-corrected chi connectivity index (χ3v) is 4.46. The van der Waals surface area contributed by atoms with Crippen molar-refractivity contribution < 1.29 is 14.3 Å². The molecule has 23 heavy (non-hydrogen) atoms. The largest absolute Gasteiger partial charge is 0.459 e. The predicted molar refractivity (Wildman–Crippen MR) is 96.8 cm³/mol. The van der Waals surface area contributed by atoms with Crippen molar-refractivity contribution in [2.75, 3.05) is 6.61 Å². The van der Waals surface area contributed by atoms with Gasteiger partial charge < -0.3 is 15.2 Å². The summed E-state index contributed by atoms with van der Waals surface area (Å²) >= 11 is 0. The number of rotatable bonds is 11. The summed E-state index contributed by atoms with van der Waals surface area (Å²) in [7, 11) is 0. The monoisotopic (exact) mass is 349 g/mol.